The Kier molecular flexibility index (Phi) is 2.33. The van der Waals surface area contributed by atoms with Crippen LogP contribution < -0.4 is 5.30 Å². The molecule has 1 heteroatoms. The van der Waals surface area contributed by atoms with Crippen molar-refractivity contribution in [3.05, 3.63) is 53.1 Å². The van der Waals surface area contributed by atoms with Gasteiger partial charge in [-0.2, -0.15) is 0 Å². The van der Waals surface area contributed by atoms with E-state index in [0.717, 1.165) is 15.0 Å². The summed E-state index contributed by atoms with van der Waals surface area (Å²) in [6.45, 7) is 4.41. The van der Waals surface area contributed by atoms with E-state index in [-0.39, 0.29) is 0 Å². The van der Waals surface area contributed by atoms with Crippen molar-refractivity contribution in [1.82, 2.24) is 0 Å². The minimum absolute atomic E-state index is 0.898. The van der Waals surface area contributed by atoms with Gasteiger partial charge < -0.3 is 0 Å². The second kappa shape index (κ2) is 3.71. The second-order valence-corrected chi connectivity index (χ2v) is 5.54. The van der Waals surface area contributed by atoms with E-state index >= 15 is 0 Å². The van der Waals surface area contributed by atoms with Gasteiger partial charge in [0.05, 0.1) is 0 Å². The molecule has 1 unspecified atom stereocenters. The van der Waals surface area contributed by atoms with E-state index in [2.05, 4.69) is 50.0 Å². The Morgan fingerprint density at radius 3 is 2.38 bits per heavy atom. The molecule has 0 heterocycles. The summed E-state index contributed by atoms with van der Waals surface area (Å²) < 4.78 is 0. The summed E-state index contributed by atoms with van der Waals surface area (Å²) in [5.74, 6) is 0. The zero-order chi connectivity index (χ0) is 11.1. The normalized spacial score (nSPS) is 13.1. The van der Waals surface area contributed by atoms with E-state index in [1.807, 2.05) is 0 Å². The Labute approximate surface area is 98.5 Å². The van der Waals surface area contributed by atoms with E-state index < -0.39 is 0 Å². The summed E-state index contributed by atoms with van der Waals surface area (Å²) in [4.78, 5) is 0. The van der Waals surface area contributed by atoms with Crippen molar-refractivity contribution in [3.8, 4) is 11.1 Å². The van der Waals surface area contributed by atoms with Crippen LogP contribution in [-0.4, -0.2) is 6.66 Å². The summed E-state index contributed by atoms with van der Waals surface area (Å²) in [6.07, 6.45) is 1.12. The molecular weight excluding hydrogens is 211 g/mol. The fourth-order valence-corrected chi connectivity index (χ4v) is 3.06. The van der Waals surface area contributed by atoms with Crippen molar-refractivity contribution >= 4 is 13.9 Å². The van der Waals surface area contributed by atoms with Crippen LogP contribution in [0, 0.1) is 6.92 Å². The fraction of sp³-hybridized carbons (Fsp3) is 0.200. The first-order chi connectivity index (χ1) is 7.78. The number of benzene rings is 2. The average molecular weight is 226 g/mol. The first kappa shape index (κ1) is 10.1. The SMILES string of the molecule is CPc1ccc2c(c1)Cc1cc(C)ccc1-2. The van der Waals surface area contributed by atoms with Crippen LogP contribution in [0.4, 0.5) is 0 Å². The number of hydrogen-bond acceptors (Lipinski definition) is 0. The monoisotopic (exact) mass is 226 g/mol. The van der Waals surface area contributed by atoms with Gasteiger partial charge >= 0.3 is 0 Å². The lowest BCUT2D eigenvalue weighted by Crippen LogP contribution is -1.94. The predicted molar refractivity (Wildman–Crippen MR) is 73.3 cm³/mol. The van der Waals surface area contributed by atoms with Crippen LogP contribution in [-0.2, 0) is 6.42 Å². The fourth-order valence-electron chi connectivity index (χ4n) is 2.49. The van der Waals surface area contributed by atoms with Crippen LogP contribution in [0.1, 0.15) is 16.7 Å². The summed E-state index contributed by atoms with van der Waals surface area (Å²) in [5, 5.41) is 1.48. The number of fused-ring (bicyclic) bond motifs is 3. The highest BCUT2D eigenvalue weighted by Gasteiger charge is 2.17. The third-order valence-electron chi connectivity index (χ3n) is 3.33. The Morgan fingerprint density at radius 2 is 1.62 bits per heavy atom. The third-order valence-corrected chi connectivity index (χ3v) is 4.21. The van der Waals surface area contributed by atoms with Gasteiger partial charge in [0.1, 0.15) is 0 Å². The molecule has 0 aliphatic heterocycles. The number of rotatable bonds is 1. The minimum Gasteiger partial charge on any atom is -0.0936 e. The molecule has 0 spiro atoms. The second-order valence-electron chi connectivity index (χ2n) is 4.46. The topological polar surface area (TPSA) is 0 Å². The molecule has 0 radical (unpaired) electrons. The molecule has 0 saturated carbocycles. The third kappa shape index (κ3) is 1.49. The summed E-state index contributed by atoms with van der Waals surface area (Å²) >= 11 is 0. The predicted octanol–water partition coefficient (Wildman–Crippen LogP) is 3.50. The molecule has 0 N–H and O–H groups in total. The van der Waals surface area contributed by atoms with E-state index in [4.69, 9.17) is 0 Å². The lowest BCUT2D eigenvalue weighted by molar-refractivity contribution is 1.25. The lowest BCUT2D eigenvalue weighted by Gasteiger charge is -2.03. The summed E-state index contributed by atoms with van der Waals surface area (Å²) in [5.41, 5.74) is 7.24. The molecule has 3 rings (SSSR count). The van der Waals surface area contributed by atoms with Crippen molar-refractivity contribution < 1.29 is 0 Å². The van der Waals surface area contributed by atoms with Gasteiger partial charge in [-0.3, -0.25) is 0 Å². The number of aryl methyl sites for hydroxylation is 1. The van der Waals surface area contributed by atoms with Crippen LogP contribution in [0.15, 0.2) is 36.4 Å². The maximum atomic E-state index is 2.38. The minimum atomic E-state index is 0.898. The summed E-state index contributed by atoms with van der Waals surface area (Å²) in [6, 6.07) is 13.7. The van der Waals surface area contributed by atoms with E-state index in [9.17, 15) is 0 Å². The van der Waals surface area contributed by atoms with Crippen LogP contribution in [0.3, 0.4) is 0 Å². The highest BCUT2D eigenvalue weighted by molar-refractivity contribution is 7.46. The van der Waals surface area contributed by atoms with Crippen molar-refractivity contribution in [2.24, 2.45) is 0 Å². The molecule has 0 aromatic heterocycles. The zero-order valence-corrected chi connectivity index (χ0v) is 10.7. The first-order valence-electron chi connectivity index (χ1n) is 5.68. The smallest absolute Gasteiger partial charge is 0.00131 e. The zero-order valence-electron chi connectivity index (χ0n) is 9.67. The van der Waals surface area contributed by atoms with Gasteiger partial charge in [0, 0.05) is 0 Å². The highest BCUT2D eigenvalue weighted by atomic mass is 31.1. The molecule has 2 aromatic rings. The molecule has 80 valence electrons. The summed E-state index contributed by atoms with van der Waals surface area (Å²) in [7, 11) is 0.898. The molecule has 1 atom stereocenters. The molecule has 0 fully saturated rings. The Bertz CT molecular complexity index is 555. The van der Waals surface area contributed by atoms with Gasteiger partial charge in [-0.25, -0.2) is 0 Å². The lowest BCUT2D eigenvalue weighted by atomic mass is 10.0. The molecule has 2 aromatic carbocycles. The van der Waals surface area contributed by atoms with Crippen molar-refractivity contribution in [2.75, 3.05) is 6.66 Å². The van der Waals surface area contributed by atoms with Gasteiger partial charge in [0.2, 0.25) is 0 Å². The van der Waals surface area contributed by atoms with Gasteiger partial charge in [-0.15, -0.1) is 0 Å². The number of hydrogen-bond donors (Lipinski definition) is 0. The van der Waals surface area contributed by atoms with Gasteiger partial charge in [-0.05, 0) is 47.6 Å². The Hall–Kier alpha value is -1.13. The Balaban J connectivity index is 2.16. The highest BCUT2D eigenvalue weighted by Crippen LogP contribution is 2.36. The van der Waals surface area contributed by atoms with Crippen LogP contribution in [0.5, 0.6) is 0 Å². The molecule has 1 aliphatic rings. The quantitative estimate of drug-likeness (QED) is 0.557. The molecular formula is C15H15P. The maximum absolute atomic E-state index is 2.38. The molecule has 0 nitrogen and oxygen atoms in total. The molecule has 0 saturated heterocycles. The van der Waals surface area contributed by atoms with E-state index in [1.165, 1.54) is 33.1 Å². The Morgan fingerprint density at radius 1 is 0.938 bits per heavy atom. The van der Waals surface area contributed by atoms with Crippen LogP contribution in [0.2, 0.25) is 0 Å². The molecule has 16 heavy (non-hydrogen) atoms. The van der Waals surface area contributed by atoms with Crippen molar-refractivity contribution in [2.45, 2.75) is 13.3 Å². The van der Waals surface area contributed by atoms with Gasteiger partial charge in [0.25, 0.3) is 0 Å². The van der Waals surface area contributed by atoms with Crippen molar-refractivity contribution in [3.63, 3.8) is 0 Å². The maximum Gasteiger partial charge on any atom is -0.00131 e. The van der Waals surface area contributed by atoms with Gasteiger partial charge in [-0.1, -0.05) is 50.5 Å². The molecule has 0 bridgehead atoms. The molecule has 0 amide bonds. The first-order valence-corrected chi connectivity index (χ1v) is 7.18. The van der Waals surface area contributed by atoms with E-state index in [0.29, 0.717) is 0 Å². The van der Waals surface area contributed by atoms with Gasteiger partial charge in [0.15, 0.2) is 0 Å². The van der Waals surface area contributed by atoms with Crippen LogP contribution >= 0.6 is 8.58 Å². The van der Waals surface area contributed by atoms with Crippen LogP contribution in [0.25, 0.3) is 11.1 Å². The van der Waals surface area contributed by atoms with Crippen molar-refractivity contribution in [1.29, 1.82) is 0 Å². The average Bonchev–Trinajstić information content (AvgIpc) is 2.64. The largest absolute Gasteiger partial charge is 0.0936 e. The standard InChI is InChI=1S/C15H15P/c1-10-3-5-14-11(7-10)8-12-9-13(16-2)4-6-15(12)14/h3-7,9,16H,8H2,1-2H3. The van der Waals surface area contributed by atoms with E-state index in [1.54, 1.807) is 0 Å². The molecule has 1 aliphatic carbocycles.